The van der Waals surface area contributed by atoms with Crippen LogP contribution in [0.4, 0.5) is 11.6 Å². The van der Waals surface area contributed by atoms with Crippen LogP contribution in [-0.2, 0) is 35.5 Å². The highest BCUT2D eigenvalue weighted by molar-refractivity contribution is 5.95. The van der Waals surface area contributed by atoms with Crippen molar-refractivity contribution in [3.63, 3.8) is 0 Å². The van der Waals surface area contributed by atoms with Crippen molar-refractivity contribution in [2.75, 3.05) is 36.0 Å². The number of carbonyl (C=O) groups excluding carboxylic acids is 3. The Bertz CT molecular complexity index is 5450. The molecule has 1 saturated carbocycles. The zero-order valence-corrected chi connectivity index (χ0v) is 56.9. The van der Waals surface area contributed by atoms with Crippen LogP contribution in [0.5, 0.6) is 0 Å². The van der Waals surface area contributed by atoms with Crippen LogP contribution in [0.3, 0.4) is 0 Å². The van der Waals surface area contributed by atoms with Gasteiger partial charge in [-0.1, -0.05) is 13.0 Å². The maximum atomic E-state index is 11.7. The lowest BCUT2D eigenvalue weighted by Gasteiger charge is -2.37. The molecular weight excluding hydrogens is 1300 g/mol. The van der Waals surface area contributed by atoms with Gasteiger partial charge in [-0.15, -0.1) is 19.3 Å². The third-order valence-electron chi connectivity index (χ3n) is 18.8. The first-order chi connectivity index (χ1) is 50.0. The maximum absolute atomic E-state index is 11.7. The summed E-state index contributed by atoms with van der Waals surface area (Å²) in [5, 5.41) is 63.5. The summed E-state index contributed by atoms with van der Waals surface area (Å²) in [4.78, 5) is 53.3. The van der Waals surface area contributed by atoms with Crippen LogP contribution in [0.2, 0.25) is 0 Å². The van der Waals surface area contributed by atoms with E-state index in [-0.39, 0.29) is 35.8 Å². The molecule has 26 nitrogen and oxygen atoms in total. The number of nitrogens with one attached hydrogen (secondary N) is 3. The summed E-state index contributed by atoms with van der Waals surface area (Å²) < 4.78 is 10.5. The minimum Gasteiger partial charge on any atom is -0.355 e. The normalized spacial score (nSPS) is 17.0. The van der Waals surface area contributed by atoms with Gasteiger partial charge in [0.05, 0.1) is 70.4 Å². The number of aromatic nitrogens is 15. The molecule has 3 amide bonds. The molecule has 3 atom stereocenters. The second-order valence-electron chi connectivity index (χ2n) is 25.9. The molecule has 3 aliphatic rings. The molecule has 0 radical (unpaired) electrons. The molecule has 1 aliphatic carbocycles. The highest BCUT2D eigenvalue weighted by Gasteiger charge is 2.29. The molecule has 0 bridgehead atoms. The Morgan fingerprint density at radius 3 is 1.23 bits per heavy atom. The predicted octanol–water partition coefficient (Wildman–Crippen LogP) is 8.46. The van der Waals surface area contributed by atoms with Crippen molar-refractivity contribution in [3.8, 4) is 122 Å². The number of aryl methyl sites for hydroxylation is 3. The van der Waals surface area contributed by atoms with Gasteiger partial charge in [-0.05, 0) is 117 Å². The first-order valence-electron chi connectivity index (χ1n) is 33.5. The van der Waals surface area contributed by atoms with Gasteiger partial charge in [-0.3, -0.25) is 33.4 Å². The lowest BCUT2D eigenvalue weighted by Crippen LogP contribution is -2.50. The largest absolute Gasteiger partial charge is 0.355 e. The van der Waals surface area contributed by atoms with E-state index in [9.17, 15) is 30.2 Å². The van der Waals surface area contributed by atoms with Gasteiger partial charge in [0.25, 0.3) is 17.7 Å². The number of anilines is 2. The van der Waals surface area contributed by atoms with E-state index >= 15 is 0 Å². The van der Waals surface area contributed by atoms with Gasteiger partial charge in [0, 0.05) is 200 Å². The summed E-state index contributed by atoms with van der Waals surface area (Å²) in [5.74, 6) is 7.62. The number of nitrogens with zero attached hydrogens (tertiary/aromatic N) is 20. The molecule has 3 fully saturated rings. The third kappa shape index (κ3) is 14.9. The van der Waals surface area contributed by atoms with Crippen LogP contribution in [0.25, 0.3) is 83.3 Å². The summed E-state index contributed by atoms with van der Waals surface area (Å²) in [6.45, 7) is 5.15. The highest BCUT2D eigenvalue weighted by Crippen LogP contribution is 2.38. The lowest BCUT2D eigenvalue weighted by molar-refractivity contribution is -0.117. The van der Waals surface area contributed by atoms with Gasteiger partial charge in [-0.2, -0.15) is 46.4 Å². The number of piperidine rings is 2. The third-order valence-corrected chi connectivity index (χ3v) is 18.8. The second kappa shape index (κ2) is 29.8. The van der Waals surface area contributed by atoms with Crippen molar-refractivity contribution in [3.05, 3.63) is 170 Å². The average molecular weight is 1360 g/mol. The Morgan fingerprint density at radius 1 is 0.437 bits per heavy atom. The van der Waals surface area contributed by atoms with Crippen molar-refractivity contribution in [2.45, 2.75) is 75.9 Å². The van der Waals surface area contributed by atoms with Gasteiger partial charge in [0.1, 0.15) is 29.8 Å². The van der Waals surface area contributed by atoms with E-state index in [4.69, 9.17) is 34.2 Å². The zero-order valence-electron chi connectivity index (χ0n) is 56.9. The number of terminal acetylenes is 3. The van der Waals surface area contributed by atoms with Crippen molar-refractivity contribution in [2.24, 2.45) is 27.1 Å². The van der Waals surface area contributed by atoms with E-state index in [0.29, 0.717) is 41.6 Å². The minimum absolute atomic E-state index is 0.000422. The summed E-state index contributed by atoms with van der Waals surface area (Å²) >= 11 is 0. The summed E-state index contributed by atoms with van der Waals surface area (Å²) in [6, 6.07) is 25.1. The van der Waals surface area contributed by atoms with Crippen molar-refractivity contribution in [1.82, 2.24) is 89.1 Å². The average Bonchev–Trinajstić information content (AvgIpc) is 1.67. The number of fused-ring (bicyclic) bond motifs is 3. The van der Waals surface area contributed by atoms with Crippen LogP contribution >= 0.6 is 0 Å². The molecule has 14 heterocycles. The number of carbonyl (C=O) groups is 3. The number of rotatable bonds is 12. The van der Waals surface area contributed by atoms with Crippen LogP contribution in [-0.4, -0.2) is 135 Å². The standard InChI is InChI=1S/C26H24N8O.C26H23N7O.C25H22N8O/c1-4-25(35)31-22-7-17(2)13-33(16-22)24-6-5-18(10-28-24)23-8-19(21-12-29-32(3)14-21)15-34-26(23)20(9-27)11-30-34;1-3-25(34)31-22-7-4-17(5-8-22)24-9-6-18(12-28-24)23-10-19(21-14-29-32(2)15-21)16-33-26(23)20(11-27)13-30-33;1-3-24(34)30-21-5-4-8-32(16-21)23-7-6-17(11-27-23)22-9-18(20-13-28-31(2)14-20)15-33-25(22)19(10-26)12-29-33/h1,5-6,8,10-12,14-15,17,22H,7,13,16H2,2-3H3,(H,31,35);1,6,9-10,12-17,22H,4-5,7-8H2,2H3,(H,31,34);1,6-7,9,11-15,21H,4-5,8,16H2,2H3,(H,30,34). The minimum atomic E-state index is -0.390. The molecule has 2 aliphatic heterocycles. The number of amides is 3. The second-order valence-corrected chi connectivity index (χ2v) is 25.9. The van der Waals surface area contributed by atoms with Crippen molar-refractivity contribution < 1.29 is 14.4 Å². The van der Waals surface area contributed by atoms with Gasteiger partial charge >= 0.3 is 0 Å². The number of pyridine rings is 6. The SMILES string of the molecule is C#CC(=O)NC1CC(C)CN(c2ccc(-c3cc(-c4cnn(C)c4)cn4ncc(C#N)c34)cn2)C1.C#CC(=O)NC1CCC(c2ccc(-c3cc(-c4cnn(C)c4)cn4ncc(C#N)c34)cn2)CC1.C#CC(=O)NC1CCCN(c2ccc(-c3cc(-c4cnn(C)c4)cn4ncc(C#N)c34)cn2)C1. The van der Waals surface area contributed by atoms with Gasteiger partial charge in [-0.25, -0.2) is 23.5 Å². The lowest BCUT2D eigenvalue weighted by atomic mass is 9.83. The van der Waals surface area contributed by atoms with Crippen LogP contribution in [0, 0.1) is 76.9 Å². The topological polar surface area (TPSA) is 309 Å². The predicted molar refractivity (Wildman–Crippen MR) is 387 cm³/mol. The van der Waals surface area contributed by atoms with E-state index < -0.39 is 0 Å². The monoisotopic (exact) mass is 1360 g/mol. The van der Waals surface area contributed by atoms with Crippen LogP contribution in [0.1, 0.15) is 80.2 Å². The van der Waals surface area contributed by atoms with E-state index in [2.05, 4.69) is 117 Å². The molecule has 2 saturated heterocycles. The molecule has 3 N–H and O–H groups in total. The van der Waals surface area contributed by atoms with E-state index in [1.807, 2.05) is 120 Å². The van der Waals surface area contributed by atoms with Crippen molar-refractivity contribution >= 4 is 45.9 Å². The smallest absolute Gasteiger partial charge is 0.295 e. The Balaban J connectivity index is 0.000000138. The molecule has 15 rings (SSSR count). The summed E-state index contributed by atoms with van der Waals surface area (Å²) in [5.41, 5.74) is 15.8. The number of hydrogen-bond acceptors (Lipinski definition) is 17. The summed E-state index contributed by atoms with van der Waals surface area (Å²) in [6.07, 6.45) is 49.1. The van der Waals surface area contributed by atoms with Gasteiger partial charge in [0.15, 0.2) is 0 Å². The maximum Gasteiger partial charge on any atom is 0.295 e. The van der Waals surface area contributed by atoms with Crippen LogP contribution in [0.15, 0.2) is 148 Å². The summed E-state index contributed by atoms with van der Waals surface area (Å²) in [7, 11) is 5.62. The van der Waals surface area contributed by atoms with Gasteiger partial charge < -0.3 is 25.8 Å². The molecule has 0 aromatic carbocycles. The molecule has 510 valence electrons. The van der Waals surface area contributed by atoms with E-state index in [1.54, 1.807) is 58.6 Å². The quantitative estimate of drug-likeness (QED) is 0.0966. The number of nitriles is 3. The first kappa shape index (κ1) is 67.9. The Morgan fingerprint density at radius 2 is 0.845 bits per heavy atom. The van der Waals surface area contributed by atoms with E-state index in [1.165, 1.54) is 0 Å². The Labute approximate surface area is 593 Å². The molecule has 3 unspecified atom stereocenters. The molecular formula is C77H69N23O3. The van der Waals surface area contributed by atoms with Crippen molar-refractivity contribution in [1.29, 1.82) is 15.8 Å². The van der Waals surface area contributed by atoms with Gasteiger partial charge in [0.2, 0.25) is 0 Å². The molecule has 0 spiro atoms. The van der Waals surface area contributed by atoms with Crippen LogP contribution < -0.4 is 25.8 Å². The zero-order chi connectivity index (χ0) is 71.8. The molecule has 26 heteroatoms. The molecule has 103 heavy (non-hydrogen) atoms. The highest BCUT2D eigenvalue weighted by atomic mass is 16.2. The van der Waals surface area contributed by atoms with E-state index in [0.717, 1.165) is 159 Å². The molecule has 12 aromatic rings. The fraction of sp³-hybridized carbons (Fsp3) is 0.260. The Kier molecular flexibility index (Phi) is 19.6. The molecule has 12 aromatic heterocycles. The number of hydrogen-bond donors (Lipinski definition) is 3. The fourth-order valence-electron chi connectivity index (χ4n) is 13.9. The first-order valence-corrected chi connectivity index (χ1v) is 33.5. The Hall–Kier alpha value is -13.7. The fourth-order valence-corrected chi connectivity index (χ4v) is 13.9.